The second-order valence-corrected chi connectivity index (χ2v) is 1.04. The number of hydrogen-bond acceptors (Lipinski definition) is 1. The van der Waals surface area contributed by atoms with E-state index in [1.54, 1.807) is 0 Å². The first-order valence-corrected chi connectivity index (χ1v) is 1.91. The van der Waals surface area contributed by atoms with Gasteiger partial charge in [-0.3, -0.25) is 0 Å². The van der Waals surface area contributed by atoms with Crippen LogP contribution in [0.15, 0.2) is 0 Å². The van der Waals surface area contributed by atoms with Gasteiger partial charge in [-0.15, -0.1) is 12.8 Å². The van der Waals surface area contributed by atoms with Gasteiger partial charge in [0.1, 0.15) is 0 Å². The van der Waals surface area contributed by atoms with Crippen LogP contribution in [0.3, 0.4) is 0 Å². The molecule has 0 aliphatic carbocycles. The first-order chi connectivity index (χ1) is 2.81. The summed E-state index contributed by atoms with van der Waals surface area (Å²) in [5, 5.41) is 0. The molecule has 0 aromatic rings. The van der Waals surface area contributed by atoms with Crippen molar-refractivity contribution in [2.75, 3.05) is 0 Å². The van der Waals surface area contributed by atoms with Crippen LogP contribution in [0.5, 0.6) is 0 Å². The van der Waals surface area contributed by atoms with Crippen molar-refractivity contribution >= 4 is 5.78 Å². The average molecular weight is 177 g/mol. The molecule has 0 aromatic carbocycles. The second kappa shape index (κ2) is 6.41. The minimum absolute atomic E-state index is 0. The van der Waals surface area contributed by atoms with E-state index in [1.165, 1.54) is 0 Å². The first kappa shape index (κ1) is 10.4. The van der Waals surface area contributed by atoms with Crippen LogP contribution in [0.2, 0.25) is 0 Å². The van der Waals surface area contributed by atoms with E-state index in [0.717, 1.165) is 0 Å². The van der Waals surface area contributed by atoms with Gasteiger partial charge in [-0.25, -0.2) is 0 Å². The predicted molar refractivity (Wildman–Crippen MR) is 25.0 cm³/mol. The zero-order valence-corrected chi connectivity index (χ0v) is 6.38. The van der Waals surface area contributed by atoms with Crippen molar-refractivity contribution < 1.29 is 27.2 Å². The fourth-order valence-electron chi connectivity index (χ4n) is 0.125. The minimum Gasteiger partial charge on any atom is -0.336 e. The van der Waals surface area contributed by atoms with Gasteiger partial charge < -0.3 is 18.6 Å². The molecule has 0 aromatic heterocycles. The summed E-state index contributed by atoms with van der Waals surface area (Å²) in [6.45, 7) is 6.73. The number of ketones is 1. The molecular weight excluding hydrogens is 169 g/mol. The van der Waals surface area contributed by atoms with E-state index in [1.807, 2.05) is 0 Å². The fraction of sp³-hybridized carbons (Fsp3) is 0.400. The Kier molecular flexibility index (Phi) is 9.53. The molecule has 0 aliphatic heterocycles. The molecule has 0 N–H and O–H groups in total. The Hall–Kier alpha value is 0.410. The molecule has 0 spiro atoms. The number of carbonyl (C=O) groups excluding carboxylic acids is 1. The Balaban J connectivity index is 0. The Labute approximate surface area is 60.0 Å². The van der Waals surface area contributed by atoms with Gasteiger partial charge >= 0.3 is 22.4 Å². The molecule has 1 nitrogen and oxygen atoms in total. The van der Waals surface area contributed by atoms with E-state index in [-0.39, 0.29) is 28.2 Å². The zero-order valence-electron chi connectivity index (χ0n) is 4.18. The smallest absolute Gasteiger partial charge is 0.336 e. The van der Waals surface area contributed by atoms with E-state index in [9.17, 15) is 4.79 Å². The summed E-state index contributed by atoms with van der Waals surface area (Å²) in [6.07, 6.45) is 0.757. The molecule has 0 amide bonds. The molecule has 0 rings (SSSR count). The molecule has 0 saturated carbocycles. The monoisotopic (exact) mass is 177 g/mol. The van der Waals surface area contributed by atoms with Crippen LogP contribution in [0.4, 0.5) is 0 Å². The van der Waals surface area contributed by atoms with Crippen molar-refractivity contribution in [2.45, 2.75) is 12.8 Å². The summed E-state index contributed by atoms with van der Waals surface area (Å²) < 4.78 is 0. The van der Waals surface area contributed by atoms with Gasteiger partial charge in [0.15, 0.2) is 0 Å². The Morgan fingerprint density at radius 3 is 1.57 bits per heavy atom. The number of Topliss-reactive ketones (excluding diaryl/α,β-unsaturated/α-hetero) is 1. The summed E-state index contributed by atoms with van der Waals surface area (Å²) in [6, 6.07) is 0. The molecule has 0 aliphatic rings. The third-order valence-corrected chi connectivity index (χ3v) is 0.558. The second-order valence-electron chi connectivity index (χ2n) is 1.04. The topological polar surface area (TPSA) is 17.1 Å². The van der Waals surface area contributed by atoms with Crippen molar-refractivity contribution in [3.8, 4) is 0 Å². The summed E-state index contributed by atoms with van der Waals surface area (Å²) >= 11 is 0. The molecule has 0 atom stereocenters. The molecular formula is C5H8NbO. The largest absolute Gasteiger partial charge is 2.00 e. The van der Waals surface area contributed by atoms with E-state index < -0.39 is 0 Å². The zero-order chi connectivity index (χ0) is 4.99. The van der Waals surface area contributed by atoms with Gasteiger partial charge in [0, 0.05) is 0 Å². The van der Waals surface area contributed by atoms with Gasteiger partial charge in [-0.2, -0.15) is 0 Å². The van der Waals surface area contributed by atoms with Crippen LogP contribution in [0, 0.1) is 13.8 Å². The minimum atomic E-state index is 0. The summed E-state index contributed by atoms with van der Waals surface area (Å²) in [4.78, 5) is 10.1. The first-order valence-electron chi connectivity index (χ1n) is 1.91. The SMILES string of the molecule is [CH2-]CC(=O)C[CH2-].[Nb+2]. The maximum atomic E-state index is 10.1. The van der Waals surface area contributed by atoms with Crippen LogP contribution in [0.25, 0.3) is 0 Å². The predicted octanol–water partition coefficient (Wildman–Crippen LogP) is 1.00. The molecule has 39 valence electrons. The van der Waals surface area contributed by atoms with Crippen LogP contribution >= 0.6 is 0 Å². The van der Waals surface area contributed by atoms with Gasteiger partial charge in [-0.1, -0.05) is 0 Å². The third-order valence-electron chi connectivity index (χ3n) is 0.558. The summed E-state index contributed by atoms with van der Waals surface area (Å²) in [7, 11) is 0. The number of hydrogen-bond donors (Lipinski definition) is 0. The van der Waals surface area contributed by atoms with E-state index in [2.05, 4.69) is 13.8 Å². The molecule has 0 heterocycles. The Bertz CT molecular complexity index is 46.0. The van der Waals surface area contributed by atoms with Crippen LogP contribution in [-0.2, 0) is 27.2 Å². The quantitative estimate of drug-likeness (QED) is 0.454. The van der Waals surface area contributed by atoms with E-state index in [0.29, 0.717) is 12.8 Å². The van der Waals surface area contributed by atoms with Crippen molar-refractivity contribution in [3.05, 3.63) is 13.8 Å². The maximum absolute atomic E-state index is 10.1. The fourth-order valence-corrected chi connectivity index (χ4v) is 0.125. The van der Waals surface area contributed by atoms with Crippen molar-refractivity contribution in [3.63, 3.8) is 0 Å². The number of carbonyl (C=O) groups is 1. The molecule has 2 heteroatoms. The van der Waals surface area contributed by atoms with Gasteiger partial charge in [0.05, 0.1) is 5.78 Å². The normalized spacial score (nSPS) is 7.14. The number of rotatable bonds is 2. The van der Waals surface area contributed by atoms with Crippen LogP contribution < -0.4 is 0 Å². The van der Waals surface area contributed by atoms with Crippen molar-refractivity contribution in [2.24, 2.45) is 0 Å². The molecule has 0 saturated heterocycles. The third kappa shape index (κ3) is 6.41. The Morgan fingerprint density at radius 1 is 1.29 bits per heavy atom. The van der Waals surface area contributed by atoms with E-state index in [4.69, 9.17) is 0 Å². The molecule has 0 bridgehead atoms. The Morgan fingerprint density at radius 2 is 1.57 bits per heavy atom. The summed E-state index contributed by atoms with van der Waals surface area (Å²) in [5.41, 5.74) is 0. The molecule has 0 fully saturated rings. The van der Waals surface area contributed by atoms with Crippen molar-refractivity contribution in [1.29, 1.82) is 0 Å². The summed E-state index contributed by atoms with van der Waals surface area (Å²) in [5.74, 6) is 0.120. The van der Waals surface area contributed by atoms with Crippen LogP contribution in [0.1, 0.15) is 12.8 Å². The van der Waals surface area contributed by atoms with Crippen molar-refractivity contribution in [1.82, 2.24) is 0 Å². The standard InChI is InChI=1S/C5H8O.Nb/c1-3-5(6)4-2;/h1-4H2;/q-2;+2. The molecule has 1 radical (unpaired) electrons. The maximum Gasteiger partial charge on any atom is 2.00 e. The molecule has 0 unspecified atom stereocenters. The van der Waals surface area contributed by atoms with E-state index >= 15 is 0 Å². The molecule has 7 heavy (non-hydrogen) atoms. The van der Waals surface area contributed by atoms with Gasteiger partial charge in [0.2, 0.25) is 0 Å². The van der Waals surface area contributed by atoms with Gasteiger partial charge in [0.25, 0.3) is 0 Å². The average Bonchev–Trinajstić information content (AvgIpc) is 1.65. The van der Waals surface area contributed by atoms with Crippen LogP contribution in [-0.4, -0.2) is 5.78 Å². The van der Waals surface area contributed by atoms with Gasteiger partial charge in [-0.05, 0) is 0 Å².